The normalized spacial score (nSPS) is 14.0. The van der Waals surface area contributed by atoms with Crippen molar-refractivity contribution >= 4 is 22.9 Å². The van der Waals surface area contributed by atoms with Gasteiger partial charge in [-0.15, -0.1) is 10.2 Å². The Hall–Kier alpha value is -2.64. The van der Waals surface area contributed by atoms with E-state index in [1.165, 1.54) is 46.7 Å². The Morgan fingerprint density at radius 2 is 1.88 bits per heavy atom. The van der Waals surface area contributed by atoms with Crippen molar-refractivity contribution in [2.24, 2.45) is 0 Å². The van der Waals surface area contributed by atoms with Gasteiger partial charge in [-0.05, 0) is 41.8 Å². The first kappa shape index (κ1) is 16.8. The first-order valence-electron chi connectivity index (χ1n) is 8.36. The van der Waals surface area contributed by atoms with Crippen LogP contribution in [0.4, 0.5) is 10.1 Å². The Morgan fingerprint density at radius 3 is 2.69 bits per heavy atom. The summed E-state index contributed by atoms with van der Waals surface area (Å²) in [6, 6.07) is 14.1. The molecule has 1 aliphatic rings. The number of carbonyl (C=O) groups excluding carboxylic acids is 1. The molecule has 1 aliphatic heterocycles. The van der Waals surface area contributed by atoms with Crippen LogP contribution in [0.5, 0.6) is 0 Å². The molecule has 0 saturated heterocycles. The van der Waals surface area contributed by atoms with Crippen molar-refractivity contribution < 1.29 is 9.18 Å². The largest absolute Gasteiger partial charge is 0.320 e. The number of carbonyl (C=O) groups is 1. The van der Waals surface area contributed by atoms with Gasteiger partial charge in [-0.3, -0.25) is 9.69 Å². The molecule has 0 spiro atoms. The molecule has 0 atom stereocenters. The van der Waals surface area contributed by atoms with Gasteiger partial charge in [-0.1, -0.05) is 35.6 Å². The summed E-state index contributed by atoms with van der Waals surface area (Å²) < 4.78 is 12.9. The summed E-state index contributed by atoms with van der Waals surface area (Å²) in [7, 11) is 0. The van der Waals surface area contributed by atoms with E-state index in [-0.39, 0.29) is 11.7 Å². The molecule has 7 heteroatoms. The van der Waals surface area contributed by atoms with Crippen LogP contribution in [0, 0.1) is 5.82 Å². The van der Waals surface area contributed by atoms with Crippen molar-refractivity contribution in [2.75, 3.05) is 11.9 Å². The van der Waals surface area contributed by atoms with Gasteiger partial charge in [0.1, 0.15) is 10.8 Å². The van der Waals surface area contributed by atoms with Crippen LogP contribution in [-0.4, -0.2) is 27.5 Å². The summed E-state index contributed by atoms with van der Waals surface area (Å²) in [5.74, 6) is -0.673. The molecule has 0 unspecified atom stereocenters. The van der Waals surface area contributed by atoms with Gasteiger partial charge < -0.3 is 5.32 Å². The molecule has 0 radical (unpaired) electrons. The van der Waals surface area contributed by atoms with Gasteiger partial charge in [-0.2, -0.15) is 0 Å². The quantitative estimate of drug-likeness (QED) is 0.766. The lowest BCUT2D eigenvalue weighted by Gasteiger charge is -2.27. The zero-order valence-corrected chi connectivity index (χ0v) is 14.8. The van der Waals surface area contributed by atoms with Gasteiger partial charge in [-0.25, -0.2) is 4.39 Å². The molecular formula is C19H17FN4OS. The maximum atomic E-state index is 12.9. The van der Waals surface area contributed by atoms with Gasteiger partial charge in [0.15, 0.2) is 0 Å². The maximum Gasteiger partial charge on any atom is 0.286 e. The number of aromatic nitrogens is 2. The molecule has 132 valence electrons. The lowest BCUT2D eigenvalue weighted by molar-refractivity contribution is 0.102. The third kappa shape index (κ3) is 3.79. The van der Waals surface area contributed by atoms with Crippen molar-refractivity contribution in [3.05, 3.63) is 75.5 Å². The van der Waals surface area contributed by atoms with Crippen LogP contribution in [0.2, 0.25) is 0 Å². The van der Waals surface area contributed by atoms with E-state index in [0.29, 0.717) is 17.2 Å². The standard InChI is InChI=1S/C19H17FN4OS/c20-15-5-7-16(8-6-15)21-18(25)19-23-22-17(26-19)12-24-10-9-13-3-1-2-4-14(13)11-24/h1-8H,9-12H2,(H,21,25). The van der Waals surface area contributed by atoms with E-state index in [2.05, 4.69) is 44.7 Å². The van der Waals surface area contributed by atoms with Gasteiger partial charge in [0.05, 0.1) is 6.54 Å². The van der Waals surface area contributed by atoms with Crippen LogP contribution in [0.25, 0.3) is 0 Å². The minimum Gasteiger partial charge on any atom is -0.320 e. The number of benzene rings is 2. The molecule has 4 rings (SSSR count). The molecule has 2 aromatic carbocycles. The zero-order chi connectivity index (χ0) is 17.9. The van der Waals surface area contributed by atoms with E-state index < -0.39 is 0 Å². The lowest BCUT2D eigenvalue weighted by atomic mass is 10.0. The number of rotatable bonds is 4. The second-order valence-electron chi connectivity index (χ2n) is 6.19. The molecule has 1 amide bonds. The fourth-order valence-electron chi connectivity index (χ4n) is 3.01. The van der Waals surface area contributed by atoms with Gasteiger partial charge in [0.2, 0.25) is 5.01 Å². The second-order valence-corrected chi connectivity index (χ2v) is 7.25. The fourth-order valence-corrected chi connectivity index (χ4v) is 3.78. The summed E-state index contributed by atoms with van der Waals surface area (Å²) in [6.45, 7) is 2.52. The van der Waals surface area contributed by atoms with Gasteiger partial charge in [0.25, 0.3) is 5.91 Å². The molecule has 0 saturated carbocycles. The third-order valence-electron chi connectivity index (χ3n) is 4.33. The van der Waals surface area contributed by atoms with Crippen molar-refractivity contribution in [3.8, 4) is 0 Å². The molecule has 0 fully saturated rings. The predicted molar refractivity (Wildman–Crippen MR) is 98.5 cm³/mol. The highest BCUT2D eigenvalue weighted by molar-refractivity contribution is 7.13. The summed E-state index contributed by atoms with van der Waals surface area (Å²) >= 11 is 1.29. The number of anilines is 1. The van der Waals surface area contributed by atoms with Crippen molar-refractivity contribution in [1.82, 2.24) is 15.1 Å². The van der Waals surface area contributed by atoms with E-state index in [9.17, 15) is 9.18 Å². The average molecular weight is 368 g/mol. The summed E-state index contributed by atoms with van der Waals surface area (Å²) in [6.07, 6.45) is 1.02. The minimum atomic E-state index is -0.343. The Kier molecular flexibility index (Phi) is 4.73. The monoisotopic (exact) mass is 368 g/mol. The lowest BCUT2D eigenvalue weighted by Crippen LogP contribution is -2.29. The molecule has 3 aromatic rings. The van der Waals surface area contributed by atoms with E-state index >= 15 is 0 Å². The molecule has 2 heterocycles. The topological polar surface area (TPSA) is 58.1 Å². The summed E-state index contributed by atoms with van der Waals surface area (Å²) in [5.41, 5.74) is 3.28. The Bertz CT molecular complexity index is 925. The predicted octanol–water partition coefficient (Wildman–Crippen LogP) is 3.49. The van der Waals surface area contributed by atoms with Crippen molar-refractivity contribution in [1.29, 1.82) is 0 Å². The van der Waals surface area contributed by atoms with Gasteiger partial charge >= 0.3 is 0 Å². The van der Waals surface area contributed by atoms with Crippen molar-refractivity contribution in [3.63, 3.8) is 0 Å². The second kappa shape index (κ2) is 7.31. The SMILES string of the molecule is O=C(Nc1ccc(F)cc1)c1nnc(CN2CCc3ccccc3C2)s1. The molecule has 0 bridgehead atoms. The summed E-state index contributed by atoms with van der Waals surface area (Å²) in [4.78, 5) is 14.6. The highest BCUT2D eigenvalue weighted by atomic mass is 32.1. The number of halogens is 1. The molecule has 5 nitrogen and oxygen atoms in total. The average Bonchev–Trinajstić information content (AvgIpc) is 3.12. The van der Waals surface area contributed by atoms with Crippen LogP contribution in [0.15, 0.2) is 48.5 Å². The van der Waals surface area contributed by atoms with Crippen LogP contribution in [-0.2, 0) is 19.5 Å². The Balaban J connectivity index is 1.39. The van der Waals surface area contributed by atoms with E-state index in [0.717, 1.165) is 24.5 Å². The molecule has 26 heavy (non-hydrogen) atoms. The number of hydrogen-bond donors (Lipinski definition) is 1. The van der Waals surface area contributed by atoms with Crippen LogP contribution < -0.4 is 5.32 Å². The highest BCUT2D eigenvalue weighted by Gasteiger charge is 2.19. The molecule has 1 N–H and O–H groups in total. The summed E-state index contributed by atoms with van der Waals surface area (Å²) in [5, 5.41) is 12.0. The van der Waals surface area contributed by atoms with Crippen LogP contribution in [0.1, 0.15) is 25.9 Å². The molecular weight excluding hydrogens is 351 g/mol. The fraction of sp³-hybridized carbons (Fsp3) is 0.211. The minimum absolute atomic E-state index is 0.307. The molecule has 1 aromatic heterocycles. The number of fused-ring (bicyclic) bond motifs is 1. The first-order valence-corrected chi connectivity index (χ1v) is 9.17. The Labute approximate surface area is 154 Å². The van der Waals surface area contributed by atoms with E-state index in [4.69, 9.17) is 0 Å². The number of nitrogens with one attached hydrogen (secondary N) is 1. The van der Waals surface area contributed by atoms with Crippen LogP contribution in [0.3, 0.4) is 0 Å². The smallest absolute Gasteiger partial charge is 0.286 e. The van der Waals surface area contributed by atoms with E-state index in [1.807, 2.05) is 0 Å². The number of nitrogens with zero attached hydrogens (tertiary/aromatic N) is 3. The number of hydrogen-bond acceptors (Lipinski definition) is 5. The van der Waals surface area contributed by atoms with Gasteiger partial charge in [0, 0.05) is 18.8 Å². The van der Waals surface area contributed by atoms with Crippen molar-refractivity contribution in [2.45, 2.75) is 19.5 Å². The highest BCUT2D eigenvalue weighted by Crippen LogP contribution is 2.21. The maximum absolute atomic E-state index is 12.9. The first-order chi connectivity index (χ1) is 12.7. The molecule has 0 aliphatic carbocycles. The number of amides is 1. The third-order valence-corrected chi connectivity index (χ3v) is 5.24. The zero-order valence-electron chi connectivity index (χ0n) is 14.0. The van der Waals surface area contributed by atoms with E-state index in [1.54, 1.807) is 0 Å². The van der Waals surface area contributed by atoms with Crippen LogP contribution >= 0.6 is 11.3 Å². The Morgan fingerprint density at radius 1 is 1.12 bits per heavy atom.